The van der Waals surface area contributed by atoms with Crippen LogP contribution in [0.2, 0.25) is 0 Å². The molecule has 1 aliphatic heterocycles. The van der Waals surface area contributed by atoms with Crippen LogP contribution in [0.5, 0.6) is 0 Å². The molecule has 2 aliphatic rings. The topological polar surface area (TPSA) is 80.6 Å². The number of aromatic nitrogens is 3. The molecular formula is C24H33N5O3. The molecule has 0 N–H and O–H groups in total. The smallest absolute Gasteiger partial charge is 0.257 e. The number of ether oxygens (including phenoxy) is 1. The van der Waals surface area contributed by atoms with E-state index in [0.29, 0.717) is 25.3 Å². The van der Waals surface area contributed by atoms with Gasteiger partial charge in [-0.1, -0.05) is 19.3 Å². The van der Waals surface area contributed by atoms with Crippen LogP contribution in [-0.4, -0.2) is 68.2 Å². The molecule has 32 heavy (non-hydrogen) atoms. The van der Waals surface area contributed by atoms with Gasteiger partial charge in [0.05, 0.1) is 24.5 Å². The van der Waals surface area contributed by atoms with Crippen LogP contribution in [0.3, 0.4) is 0 Å². The lowest BCUT2D eigenvalue weighted by molar-refractivity contribution is -0.134. The highest BCUT2D eigenvalue weighted by atomic mass is 16.5. The Balaban J connectivity index is 1.52. The number of rotatable bonds is 6. The SMILES string of the molecule is CC(C)n1cc(C(=O)N2CC(=O)N(C3CCCCC3)C[C@@H](OCc3ccncc3)C2)cn1. The summed E-state index contributed by atoms with van der Waals surface area (Å²) in [6, 6.07) is 4.25. The van der Waals surface area contributed by atoms with E-state index < -0.39 is 0 Å². The molecule has 3 heterocycles. The van der Waals surface area contributed by atoms with Crippen molar-refractivity contribution in [1.29, 1.82) is 0 Å². The minimum absolute atomic E-state index is 0.0107. The summed E-state index contributed by atoms with van der Waals surface area (Å²) < 4.78 is 8.00. The van der Waals surface area contributed by atoms with Crippen molar-refractivity contribution in [3.8, 4) is 0 Å². The number of pyridine rings is 1. The fourth-order valence-corrected chi connectivity index (χ4v) is 4.56. The highest BCUT2D eigenvalue weighted by molar-refractivity contribution is 5.96. The molecule has 2 fully saturated rings. The van der Waals surface area contributed by atoms with Crippen LogP contribution < -0.4 is 0 Å². The summed E-state index contributed by atoms with van der Waals surface area (Å²) in [5.41, 5.74) is 1.53. The number of nitrogens with zero attached hydrogens (tertiary/aromatic N) is 5. The van der Waals surface area contributed by atoms with Crippen molar-refractivity contribution >= 4 is 11.8 Å². The van der Waals surface area contributed by atoms with Crippen LogP contribution >= 0.6 is 0 Å². The first-order chi connectivity index (χ1) is 15.5. The van der Waals surface area contributed by atoms with E-state index in [4.69, 9.17) is 4.74 Å². The third-order valence-corrected chi connectivity index (χ3v) is 6.39. The van der Waals surface area contributed by atoms with Crippen LogP contribution in [0.4, 0.5) is 0 Å². The van der Waals surface area contributed by atoms with Gasteiger partial charge in [0.25, 0.3) is 5.91 Å². The number of hydrogen-bond acceptors (Lipinski definition) is 5. The summed E-state index contributed by atoms with van der Waals surface area (Å²) in [5.74, 6) is -0.162. The maximum Gasteiger partial charge on any atom is 0.257 e. The first-order valence-electron chi connectivity index (χ1n) is 11.6. The van der Waals surface area contributed by atoms with Crippen molar-refractivity contribution in [3.63, 3.8) is 0 Å². The van der Waals surface area contributed by atoms with Gasteiger partial charge >= 0.3 is 0 Å². The zero-order valence-corrected chi connectivity index (χ0v) is 19.0. The van der Waals surface area contributed by atoms with Crippen molar-refractivity contribution in [2.75, 3.05) is 19.6 Å². The van der Waals surface area contributed by atoms with E-state index in [9.17, 15) is 9.59 Å². The summed E-state index contributed by atoms with van der Waals surface area (Å²) in [6.07, 6.45) is 12.2. The molecule has 0 spiro atoms. The second-order valence-electron chi connectivity index (χ2n) is 9.11. The molecule has 0 aromatic carbocycles. The Labute approximate surface area is 189 Å². The minimum atomic E-state index is -0.249. The average Bonchev–Trinajstić information content (AvgIpc) is 3.25. The van der Waals surface area contributed by atoms with E-state index in [1.54, 1.807) is 34.4 Å². The Hall–Kier alpha value is -2.74. The van der Waals surface area contributed by atoms with E-state index in [0.717, 1.165) is 31.2 Å². The first-order valence-corrected chi connectivity index (χ1v) is 11.6. The molecule has 2 aromatic rings. The van der Waals surface area contributed by atoms with E-state index in [1.807, 2.05) is 30.9 Å². The zero-order valence-electron chi connectivity index (χ0n) is 19.0. The number of amides is 2. The highest BCUT2D eigenvalue weighted by Gasteiger charge is 2.35. The van der Waals surface area contributed by atoms with E-state index in [2.05, 4.69) is 10.1 Å². The Morgan fingerprint density at radius 1 is 1.16 bits per heavy atom. The second kappa shape index (κ2) is 10.3. The maximum atomic E-state index is 13.3. The molecule has 1 aliphatic carbocycles. The summed E-state index contributed by atoms with van der Waals surface area (Å²) in [6.45, 7) is 5.43. The molecule has 2 amide bonds. The highest BCUT2D eigenvalue weighted by Crippen LogP contribution is 2.25. The largest absolute Gasteiger partial charge is 0.370 e. The normalized spacial score (nSPS) is 20.6. The Morgan fingerprint density at radius 2 is 1.91 bits per heavy atom. The Morgan fingerprint density at radius 3 is 2.59 bits per heavy atom. The Bertz CT molecular complexity index is 907. The van der Waals surface area contributed by atoms with Crippen molar-refractivity contribution in [2.45, 2.75) is 70.7 Å². The molecule has 1 saturated carbocycles. The predicted octanol–water partition coefficient (Wildman–Crippen LogP) is 3.06. The minimum Gasteiger partial charge on any atom is -0.370 e. The van der Waals surface area contributed by atoms with Crippen LogP contribution in [-0.2, 0) is 16.1 Å². The van der Waals surface area contributed by atoms with Gasteiger partial charge < -0.3 is 14.5 Å². The fourth-order valence-electron chi connectivity index (χ4n) is 4.56. The van der Waals surface area contributed by atoms with Crippen LogP contribution in [0.25, 0.3) is 0 Å². The third-order valence-electron chi connectivity index (χ3n) is 6.39. The molecule has 8 nitrogen and oxygen atoms in total. The first kappa shape index (κ1) is 22.5. The van der Waals surface area contributed by atoms with Crippen molar-refractivity contribution < 1.29 is 14.3 Å². The van der Waals surface area contributed by atoms with Gasteiger partial charge in [-0.25, -0.2) is 0 Å². The lowest BCUT2D eigenvalue weighted by Crippen LogP contribution is -2.46. The van der Waals surface area contributed by atoms with Crippen molar-refractivity contribution in [3.05, 3.63) is 48.0 Å². The van der Waals surface area contributed by atoms with E-state index >= 15 is 0 Å². The molecule has 0 unspecified atom stereocenters. The lowest BCUT2D eigenvalue weighted by atomic mass is 9.94. The average molecular weight is 440 g/mol. The molecular weight excluding hydrogens is 406 g/mol. The van der Waals surface area contributed by atoms with Gasteiger partial charge in [0.2, 0.25) is 5.91 Å². The zero-order chi connectivity index (χ0) is 22.5. The van der Waals surface area contributed by atoms with Gasteiger partial charge in [0.15, 0.2) is 0 Å². The summed E-state index contributed by atoms with van der Waals surface area (Å²) in [5, 5.41) is 4.29. The lowest BCUT2D eigenvalue weighted by Gasteiger charge is -2.34. The number of carbonyl (C=O) groups is 2. The molecule has 1 saturated heterocycles. The van der Waals surface area contributed by atoms with Crippen LogP contribution in [0.1, 0.15) is 67.9 Å². The van der Waals surface area contributed by atoms with Crippen molar-refractivity contribution in [1.82, 2.24) is 24.6 Å². The number of hydrogen-bond donors (Lipinski definition) is 0. The van der Waals surface area contributed by atoms with Crippen molar-refractivity contribution in [2.24, 2.45) is 0 Å². The number of carbonyl (C=O) groups excluding carboxylic acids is 2. The van der Waals surface area contributed by atoms with Gasteiger partial charge in [0.1, 0.15) is 6.54 Å². The van der Waals surface area contributed by atoms with Gasteiger partial charge in [-0.2, -0.15) is 5.10 Å². The van der Waals surface area contributed by atoms with Gasteiger partial charge in [-0.15, -0.1) is 0 Å². The molecule has 0 radical (unpaired) electrons. The standard InChI is InChI=1S/C24H33N5O3/c1-18(2)29-13-20(12-26-29)24(31)27-14-22(32-17-19-8-10-25-11-9-19)15-28(23(30)16-27)21-6-4-3-5-7-21/h8-13,18,21-22H,3-7,14-17H2,1-2H3/t22-/m0/s1. The van der Waals surface area contributed by atoms with Crippen LogP contribution in [0.15, 0.2) is 36.9 Å². The quantitative estimate of drug-likeness (QED) is 0.691. The summed E-state index contributed by atoms with van der Waals surface area (Å²) >= 11 is 0. The van der Waals surface area contributed by atoms with Gasteiger partial charge in [0, 0.05) is 43.8 Å². The summed E-state index contributed by atoms with van der Waals surface area (Å²) in [7, 11) is 0. The third kappa shape index (κ3) is 5.35. The maximum absolute atomic E-state index is 13.3. The van der Waals surface area contributed by atoms with Gasteiger partial charge in [-0.05, 0) is 44.4 Å². The van der Waals surface area contributed by atoms with E-state index in [-0.39, 0.29) is 36.5 Å². The monoisotopic (exact) mass is 439 g/mol. The van der Waals surface area contributed by atoms with E-state index in [1.165, 1.54) is 6.42 Å². The molecule has 1 atom stereocenters. The van der Waals surface area contributed by atoms with Crippen LogP contribution in [0, 0.1) is 0 Å². The fraction of sp³-hybridized carbons (Fsp3) is 0.583. The Kier molecular flexibility index (Phi) is 7.19. The molecule has 4 rings (SSSR count). The molecule has 2 aromatic heterocycles. The molecule has 8 heteroatoms. The second-order valence-corrected chi connectivity index (χ2v) is 9.11. The molecule has 172 valence electrons. The summed E-state index contributed by atoms with van der Waals surface area (Å²) in [4.78, 5) is 34.2. The van der Waals surface area contributed by atoms with Gasteiger partial charge in [-0.3, -0.25) is 19.3 Å². The predicted molar refractivity (Wildman–Crippen MR) is 120 cm³/mol. The molecule has 0 bridgehead atoms.